The summed E-state index contributed by atoms with van der Waals surface area (Å²) in [5, 5.41) is 7.59. The number of benzene rings is 1. The number of methoxy groups -OCH3 is 1. The Hall–Kier alpha value is -2.63. The molecule has 6 nitrogen and oxygen atoms in total. The molecule has 2 heterocycles. The Morgan fingerprint density at radius 1 is 1.24 bits per heavy atom. The molecule has 4 rings (SSSR count). The Morgan fingerprint density at radius 2 is 1.96 bits per heavy atom. The highest BCUT2D eigenvalue weighted by Gasteiger charge is 2.32. The van der Waals surface area contributed by atoms with Crippen LogP contribution in [0.25, 0.3) is 0 Å². The number of hydrogen-bond donors (Lipinski definition) is 1. The lowest BCUT2D eigenvalue weighted by molar-refractivity contribution is -0.116. The lowest BCUT2D eigenvalue weighted by Crippen LogP contribution is -2.25. The Balaban J connectivity index is 1.68. The van der Waals surface area contributed by atoms with Crippen LogP contribution in [-0.2, 0) is 9.53 Å². The van der Waals surface area contributed by atoms with Crippen molar-refractivity contribution in [1.82, 2.24) is 9.78 Å². The predicted octanol–water partition coefficient (Wildman–Crippen LogP) is 3.26. The summed E-state index contributed by atoms with van der Waals surface area (Å²) in [6.07, 6.45) is 6.93. The largest absolute Gasteiger partial charge is 0.465 e. The second kappa shape index (κ2) is 6.35. The molecule has 2 aromatic rings. The van der Waals surface area contributed by atoms with E-state index in [0.717, 1.165) is 29.8 Å². The summed E-state index contributed by atoms with van der Waals surface area (Å²) < 4.78 is 6.73. The van der Waals surface area contributed by atoms with Crippen LogP contribution in [0.1, 0.15) is 65.5 Å². The van der Waals surface area contributed by atoms with Crippen LogP contribution in [0.2, 0.25) is 0 Å². The summed E-state index contributed by atoms with van der Waals surface area (Å²) in [5.41, 5.74) is 2.57. The minimum absolute atomic E-state index is 0.00860. The number of rotatable bonds is 3. The first kappa shape index (κ1) is 15.9. The van der Waals surface area contributed by atoms with Gasteiger partial charge in [0, 0.05) is 17.9 Å². The van der Waals surface area contributed by atoms with Crippen LogP contribution >= 0.6 is 0 Å². The lowest BCUT2D eigenvalue weighted by Gasteiger charge is -2.25. The third-order valence-electron chi connectivity index (χ3n) is 5.25. The van der Waals surface area contributed by atoms with E-state index in [1.54, 1.807) is 12.1 Å². The zero-order valence-electron chi connectivity index (χ0n) is 14.2. The molecule has 1 aromatic carbocycles. The highest BCUT2D eigenvalue weighted by Crippen LogP contribution is 2.40. The summed E-state index contributed by atoms with van der Waals surface area (Å²) in [7, 11) is 1.37. The molecule has 1 unspecified atom stereocenters. The molecular formula is C19H21N3O3. The number of esters is 1. The van der Waals surface area contributed by atoms with Crippen LogP contribution in [0.4, 0.5) is 5.82 Å². The minimum Gasteiger partial charge on any atom is -0.465 e. The van der Waals surface area contributed by atoms with Gasteiger partial charge in [-0.05, 0) is 30.5 Å². The molecule has 1 aromatic heterocycles. The first-order valence-electron chi connectivity index (χ1n) is 8.73. The molecule has 1 atom stereocenters. The average molecular weight is 339 g/mol. The summed E-state index contributed by atoms with van der Waals surface area (Å²) >= 11 is 0. The Morgan fingerprint density at radius 3 is 2.64 bits per heavy atom. The Kier molecular flexibility index (Phi) is 4.03. The Labute approximate surface area is 146 Å². The van der Waals surface area contributed by atoms with E-state index in [0.29, 0.717) is 18.0 Å². The van der Waals surface area contributed by atoms with E-state index >= 15 is 0 Å². The maximum Gasteiger partial charge on any atom is 0.337 e. The van der Waals surface area contributed by atoms with Crippen molar-refractivity contribution in [3.05, 3.63) is 47.2 Å². The van der Waals surface area contributed by atoms with Crippen molar-refractivity contribution in [1.29, 1.82) is 0 Å². The molecule has 0 saturated heterocycles. The van der Waals surface area contributed by atoms with Crippen LogP contribution < -0.4 is 5.32 Å². The van der Waals surface area contributed by atoms with Gasteiger partial charge in [0.15, 0.2) is 0 Å². The van der Waals surface area contributed by atoms with E-state index in [1.165, 1.54) is 20.0 Å². The number of aromatic nitrogens is 2. The molecule has 0 bridgehead atoms. The SMILES string of the molecule is COC(=O)c1ccc(C2CC(=O)Nc3c2cnn3C2CCCC2)cc1. The number of carbonyl (C=O) groups excluding carboxylic acids is 2. The minimum atomic E-state index is -0.359. The van der Waals surface area contributed by atoms with Crippen molar-refractivity contribution in [2.75, 3.05) is 12.4 Å². The third-order valence-corrected chi connectivity index (χ3v) is 5.25. The van der Waals surface area contributed by atoms with Crippen molar-refractivity contribution in [2.24, 2.45) is 0 Å². The molecule has 1 N–H and O–H groups in total. The number of nitrogens with zero attached hydrogens (tertiary/aromatic N) is 2. The zero-order chi connectivity index (χ0) is 17.4. The fourth-order valence-electron chi connectivity index (χ4n) is 3.93. The molecule has 6 heteroatoms. The van der Waals surface area contributed by atoms with E-state index in [2.05, 4.69) is 10.4 Å². The van der Waals surface area contributed by atoms with E-state index in [-0.39, 0.29) is 17.8 Å². The van der Waals surface area contributed by atoms with Gasteiger partial charge in [-0.25, -0.2) is 9.48 Å². The van der Waals surface area contributed by atoms with Crippen molar-refractivity contribution in [2.45, 2.75) is 44.1 Å². The van der Waals surface area contributed by atoms with Gasteiger partial charge in [0.25, 0.3) is 0 Å². The zero-order valence-corrected chi connectivity index (χ0v) is 14.2. The van der Waals surface area contributed by atoms with Crippen molar-refractivity contribution in [3.8, 4) is 0 Å². The van der Waals surface area contributed by atoms with Gasteiger partial charge in [0.2, 0.25) is 5.91 Å². The molecule has 1 aliphatic carbocycles. The molecule has 1 aliphatic heterocycles. The van der Waals surface area contributed by atoms with E-state index < -0.39 is 0 Å². The van der Waals surface area contributed by atoms with Crippen molar-refractivity contribution in [3.63, 3.8) is 0 Å². The topological polar surface area (TPSA) is 73.2 Å². The standard InChI is InChI=1S/C19H21N3O3/c1-25-19(24)13-8-6-12(7-9-13)15-10-17(23)21-18-16(15)11-20-22(18)14-4-2-3-5-14/h6-9,11,14-15H,2-5,10H2,1H3,(H,21,23). The van der Waals surface area contributed by atoms with Crippen molar-refractivity contribution < 1.29 is 14.3 Å². The molecule has 0 spiro atoms. The molecule has 2 aliphatic rings. The van der Waals surface area contributed by atoms with Crippen LogP contribution in [0.3, 0.4) is 0 Å². The molecule has 25 heavy (non-hydrogen) atoms. The normalized spacial score (nSPS) is 20.2. The number of anilines is 1. The van der Waals surface area contributed by atoms with Gasteiger partial charge >= 0.3 is 5.97 Å². The molecular weight excluding hydrogens is 318 g/mol. The Bertz CT molecular complexity index is 804. The summed E-state index contributed by atoms with van der Waals surface area (Å²) in [6.45, 7) is 0. The van der Waals surface area contributed by atoms with Gasteiger partial charge in [-0.2, -0.15) is 5.10 Å². The molecule has 130 valence electrons. The van der Waals surface area contributed by atoms with E-state index in [9.17, 15) is 9.59 Å². The number of carbonyl (C=O) groups is 2. The predicted molar refractivity (Wildman–Crippen MR) is 92.6 cm³/mol. The van der Waals surface area contributed by atoms with Gasteiger partial charge in [-0.15, -0.1) is 0 Å². The first-order chi connectivity index (χ1) is 12.2. The molecule has 1 fully saturated rings. The van der Waals surface area contributed by atoms with Crippen LogP contribution in [0.5, 0.6) is 0 Å². The monoisotopic (exact) mass is 339 g/mol. The number of fused-ring (bicyclic) bond motifs is 1. The van der Waals surface area contributed by atoms with Crippen molar-refractivity contribution >= 4 is 17.7 Å². The average Bonchev–Trinajstić information content (AvgIpc) is 3.29. The van der Waals surface area contributed by atoms with Crippen LogP contribution in [0, 0.1) is 0 Å². The van der Waals surface area contributed by atoms with Gasteiger partial charge in [-0.1, -0.05) is 25.0 Å². The second-order valence-corrected chi connectivity index (χ2v) is 6.75. The second-order valence-electron chi connectivity index (χ2n) is 6.75. The number of ether oxygens (including phenoxy) is 1. The van der Waals surface area contributed by atoms with E-state index in [4.69, 9.17) is 4.74 Å². The smallest absolute Gasteiger partial charge is 0.337 e. The quantitative estimate of drug-likeness (QED) is 0.871. The fraction of sp³-hybridized carbons (Fsp3) is 0.421. The number of amides is 1. The van der Waals surface area contributed by atoms with Crippen LogP contribution in [0.15, 0.2) is 30.5 Å². The first-order valence-corrected chi connectivity index (χ1v) is 8.73. The molecule has 1 amide bonds. The molecule has 0 radical (unpaired) electrons. The number of hydrogen-bond acceptors (Lipinski definition) is 4. The third kappa shape index (κ3) is 2.81. The highest BCUT2D eigenvalue weighted by molar-refractivity contribution is 5.94. The maximum absolute atomic E-state index is 12.3. The summed E-state index contributed by atoms with van der Waals surface area (Å²) in [5.74, 6) is 0.452. The van der Waals surface area contributed by atoms with Gasteiger partial charge in [0.1, 0.15) is 5.82 Å². The van der Waals surface area contributed by atoms with Gasteiger partial charge < -0.3 is 10.1 Å². The highest BCUT2D eigenvalue weighted by atomic mass is 16.5. The number of nitrogens with one attached hydrogen (secondary N) is 1. The van der Waals surface area contributed by atoms with Gasteiger partial charge in [0.05, 0.1) is 24.9 Å². The maximum atomic E-state index is 12.3. The fourth-order valence-corrected chi connectivity index (χ4v) is 3.93. The van der Waals surface area contributed by atoms with Gasteiger partial charge in [-0.3, -0.25) is 4.79 Å². The summed E-state index contributed by atoms with van der Waals surface area (Å²) in [4.78, 5) is 23.9. The van der Waals surface area contributed by atoms with Crippen LogP contribution in [-0.4, -0.2) is 28.8 Å². The molecule has 1 saturated carbocycles. The lowest BCUT2D eigenvalue weighted by atomic mass is 9.87. The summed E-state index contributed by atoms with van der Waals surface area (Å²) in [6, 6.07) is 7.66. The van der Waals surface area contributed by atoms with E-state index in [1.807, 2.05) is 23.0 Å².